The Morgan fingerprint density at radius 2 is 2.11 bits per heavy atom. The van der Waals surface area contributed by atoms with Gasteiger partial charge in [0.25, 0.3) is 0 Å². The van der Waals surface area contributed by atoms with Crippen molar-refractivity contribution in [3.05, 3.63) is 28.5 Å². The van der Waals surface area contributed by atoms with Gasteiger partial charge in [-0.15, -0.1) is 0 Å². The number of halogens is 2. The fourth-order valence-electron chi connectivity index (χ4n) is 1.77. The number of hydrogen-bond donors (Lipinski definition) is 2. The van der Waals surface area contributed by atoms with Gasteiger partial charge in [0.05, 0.1) is 9.37 Å². The summed E-state index contributed by atoms with van der Waals surface area (Å²) in [5, 5.41) is 0. The third-order valence-electron chi connectivity index (χ3n) is 3.16. The average molecular weight is 337 g/mol. The van der Waals surface area contributed by atoms with Gasteiger partial charge in [0.2, 0.25) is 10.0 Å². The Morgan fingerprint density at radius 1 is 1.44 bits per heavy atom. The molecule has 18 heavy (non-hydrogen) atoms. The minimum atomic E-state index is -3.70. The van der Waals surface area contributed by atoms with E-state index in [1.807, 2.05) is 0 Å². The van der Waals surface area contributed by atoms with E-state index in [-0.39, 0.29) is 15.9 Å². The van der Waals surface area contributed by atoms with Gasteiger partial charge >= 0.3 is 0 Å². The van der Waals surface area contributed by atoms with Gasteiger partial charge in [-0.1, -0.05) is 0 Å². The molecule has 1 aromatic rings. The molecule has 0 radical (unpaired) electrons. The van der Waals surface area contributed by atoms with E-state index in [1.54, 1.807) is 0 Å². The summed E-state index contributed by atoms with van der Waals surface area (Å²) in [6, 6.07) is 3.70. The lowest BCUT2D eigenvalue weighted by Gasteiger charge is -2.37. The maximum Gasteiger partial charge on any atom is 0.240 e. The third-order valence-corrected chi connectivity index (χ3v) is 5.21. The van der Waals surface area contributed by atoms with Gasteiger partial charge in [-0.25, -0.2) is 17.5 Å². The smallest absolute Gasteiger partial charge is 0.240 e. The number of nitrogens with two attached hydrogens (primary N) is 1. The highest BCUT2D eigenvalue weighted by atomic mass is 79.9. The SMILES string of the molecule is NC1(CNS(=O)(=O)c2ccc(Br)c(F)c2)CCC1. The number of sulfonamides is 1. The van der Waals surface area contributed by atoms with Crippen LogP contribution in [0, 0.1) is 5.82 Å². The highest BCUT2D eigenvalue weighted by Gasteiger charge is 2.33. The van der Waals surface area contributed by atoms with E-state index in [1.165, 1.54) is 12.1 Å². The van der Waals surface area contributed by atoms with Crippen LogP contribution in [-0.2, 0) is 10.0 Å². The monoisotopic (exact) mass is 336 g/mol. The van der Waals surface area contributed by atoms with Gasteiger partial charge in [-0.3, -0.25) is 0 Å². The van der Waals surface area contributed by atoms with Crippen LogP contribution < -0.4 is 10.5 Å². The van der Waals surface area contributed by atoms with E-state index < -0.39 is 21.4 Å². The van der Waals surface area contributed by atoms with Crippen LogP contribution in [0.5, 0.6) is 0 Å². The molecular weight excluding hydrogens is 323 g/mol. The van der Waals surface area contributed by atoms with Crippen molar-refractivity contribution in [2.24, 2.45) is 5.73 Å². The van der Waals surface area contributed by atoms with Crippen molar-refractivity contribution in [1.82, 2.24) is 4.72 Å². The van der Waals surface area contributed by atoms with E-state index in [0.717, 1.165) is 25.3 Å². The highest BCUT2D eigenvalue weighted by molar-refractivity contribution is 9.10. The largest absolute Gasteiger partial charge is 0.324 e. The zero-order valence-electron chi connectivity index (χ0n) is 9.62. The second kappa shape index (κ2) is 4.88. The van der Waals surface area contributed by atoms with Crippen LogP contribution in [-0.4, -0.2) is 20.5 Å². The first-order chi connectivity index (χ1) is 8.32. The summed E-state index contributed by atoms with van der Waals surface area (Å²) >= 11 is 2.98. The Kier molecular flexibility index (Phi) is 3.77. The Bertz CT molecular complexity index is 558. The summed E-state index contributed by atoms with van der Waals surface area (Å²) in [5.74, 6) is -0.607. The molecule has 4 nitrogen and oxygen atoms in total. The molecule has 1 aliphatic rings. The summed E-state index contributed by atoms with van der Waals surface area (Å²) < 4.78 is 39.8. The van der Waals surface area contributed by atoms with Crippen molar-refractivity contribution in [2.45, 2.75) is 29.7 Å². The van der Waals surface area contributed by atoms with Gasteiger partial charge < -0.3 is 5.73 Å². The first kappa shape index (κ1) is 13.9. The van der Waals surface area contributed by atoms with E-state index in [2.05, 4.69) is 20.7 Å². The standard InChI is InChI=1S/C11H14BrFN2O2S/c12-9-3-2-8(6-10(9)13)18(16,17)15-7-11(14)4-1-5-11/h2-3,6,15H,1,4-5,7,14H2. The lowest BCUT2D eigenvalue weighted by atomic mass is 9.78. The highest BCUT2D eigenvalue weighted by Crippen LogP contribution is 2.28. The first-order valence-electron chi connectivity index (χ1n) is 5.56. The molecule has 3 N–H and O–H groups in total. The molecular formula is C11H14BrFN2O2S. The zero-order valence-corrected chi connectivity index (χ0v) is 12.0. The predicted molar refractivity (Wildman–Crippen MR) is 70.1 cm³/mol. The third kappa shape index (κ3) is 2.90. The fourth-order valence-corrected chi connectivity index (χ4v) is 3.17. The fraction of sp³-hybridized carbons (Fsp3) is 0.455. The van der Waals surface area contributed by atoms with Crippen LogP contribution in [0.1, 0.15) is 19.3 Å². The van der Waals surface area contributed by atoms with Crippen molar-refractivity contribution in [1.29, 1.82) is 0 Å². The second-order valence-corrected chi connectivity index (χ2v) is 7.24. The summed E-state index contributed by atoms with van der Waals surface area (Å²) in [7, 11) is -3.70. The molecule has 1 aromatic carbocycles. The molecule has 1 fully saturated rings. The van der Waals surface area contributed by atoms with Crippen molar-refractivity contribution in [3.8, 4) is 0 Å². The van der Waals surface area contributed by atoms with Crippen LogP contribution in [0.15, 0.2) is 27.6 Å². The van der Waals surface area contributed by atoms with Gasteiger partial charge in [-0.05, 0) is 53.4 Å². The van der Waals surface area contributed by atoms with Gasteiger partial charge in [0.15, 0.2) is 0 Å². The molecule has 0 unspecified atom stereocenters. The molecule has 0 amide bonds. The first-order valence-corrected chi connectivity index (χ1v) is 7.84. The molecule has 0 aliphatic heterocycles. The number of hydrogen-bond acceptors (Lipinski definition) is 3. The average Bonchev–Trinajstić information content (AvgIpc) is 2.27. The van der Waals surface area contributed by atoms with E-state index in [9.17, 15) is 12.8 Å². The van der Waals surface area contributed by atoms with E-state index in [0.29, 0.717) is 0 Å². The molecule has 1 saturated carbocycles. The molecule has 0 heterocycles. The molecule has 100 valence electrons. The lowest BCUT2D eigenvalue weighted by Crippen LogP contribution is -2.54. The van der Waals surface area contributed by atoms with Crippen LogP contribution in [0.25, 0.3) is 0 Å². The van der Waals surface area contributed by atoms with Crippen LogP contribution >= 0.6 is 15.9 Å². The molecule has 7 heteroatoms. The zero-order chi connectivity index (χ0) is 13.4. The second-order valence-electron chi connectivity index (χ2n) is 4.62. The summed E-state index contributed by atoms with van der Waals surface area (Å²) in [6.45, 7) is 0.188. The maximum absolute atomic E-state index is 13.3. The van der Waals surface area contributed by atoms with Crippen molar-refractivity contribution >= 4 is 26.0 Å². The topological polar surface area (TPSA) is 72.2 Å². The minimum absolute atomic E-state index is 0.0916. The number of benzene rings is 1. The Morgan fingerprint density at radius 3 is 2.61 bits per heavy atom. The van der Waals surface area contributed by atoms with E-state index in [4.69, 9.17) is 5.73 Å². The number of nitrogens with one attached hydrogen (secondary N) is 1. The van der Waals surface area contributed by atoms with Crippen LogP contribution in [0.4, 0.5) is 4.39 Å². The normalized spacial score (nSPS) is 18.4. The van der Waals surface area contributed by atoms with Gasteiger partial charge in [-0.2, -0.15) is 0 Å². The maximum atomic E-state index is 13.3. The van der Waals surface area contributed by atoms with E-state index >= 15 is 0 Å². The summed E-state index contributed by atoms with van der Waals surface area (Å²) in [5.41, 5.74) is 5.49. The van der Waals surface area contributed by atoms with Crippen molar-refractivity contribution in [3.63, 3.8) is 0 Å². The van der Waals surface area contributed by atoms with Crippen LogP contribution in [0.2, 0.25) is 0 Å². The quantitative estimate of drug-likeness (QED) is 0.879. The molecule has 0 bridgehead atoms. The van der Waals surface area contributed by atoms with Crippen molar-refractivity contribution < 1.29 is 12.8 Å². The Hall–Kier alpha value is -0.500. The van der Waals surface area contributed by atoms with Crippen LogP contribution in [0.3, 0.4) is 0 Å². The number of rotatable bonds is 4. The molecule has 2 rings (SSSR count). The van der Waals surface area contributed by atoms with Gasteiger partial charge in [0.1, 0.15) is 5.82 Å². The molecule has 0 aromatic heterocycles. The summed E-state index contributed by atoms with van der Waals surface area (Å²) in [4.78, 5) is -0.0916. The molecule has 0 atom stereocenters. The Labute approximate surface area is 114 Å². The Balaban J connectivity index is 2.12. The molecule has 1 aliphatic carbocycles. The summed E-state index contributed by atoms with van der Waals surface area (Å²) in [6.07, 6.45) is 2.64. The van der Waals surface area contributed by atoms with Gasteiger partial charge in [0, 0.05) is 12.1 Å². The molecule has 0 saturated heterocycles. The lowest BCUT2D eigenvalue weighted by molar-refractivity contribution is 0.251. The minimum Gasteiger partial charge on any atom is -0.324 e. The van der Waals surface area contributed by atoms with Crippen molar-refractivity contribution in [2.75, 3.05) is 6.54 Å². The predicted octanol–water partition coefficient (Wildman–Crippen LogP) is 1.75. The molecule has 0 spiro atoms.